The standard InChI is InChI=1S/C15H21N3O2/c1-4-20-10-15(19)16-8-7-14-17-12-9-11(2)5-6-13(12)18(14)3/h5-6,9H,4,7-8,10H2,1-3H3,(H,16,19). The van der Waals surface area contributed by atoms with Crippen LogP contribution in [0.4, 0.5) is 0 Å². The van der Waals surface area contributed by atoms with Gasteiger partial charge in [0.2, 0.25) is 5.91 Å². The van der Waals surface area contributed by atoms with Crippen molar-refractivity contribution in [2.45, 2.75) is 20.3 Å². The quantitative estimate of drug-likeness (QED) is 0.870. The number of aromatic nitrogens is 2. The van der Waals surface area contributed by atoms with Crippen LogP contribution in [0.25, 0.3) is 11.0 Å². The molecule has 0 unspecified atom stereocenters. The Labute approximate surface area is 118 Å². The summed E-state index contributed by atoms with van der Waals surface area (Å²) in [5.74, 6) is 0.892. The van der Waals surface area contributed by atoms with Gasteiger partial charge in [-0.3, -0.25) is 4.79 Å². The highest BCUT2D eigenvalue weighted by Crippen LogP contribution is 2.16. The molecule has 0 bridgehead atoms. The van der Waals surface area contributed by atoms with Crippen LogP contribution in [-0.4, -0.2) is 35.2 Å². The summed E-state index contributed by atoms with van der Waals surface area (Å²) in [5.41, 5.74) is 3.32. The van der Waals surface area contributed by atoms with Gasteiger partial charge >= 0.3 is 0 Å². The average Bonchev–Trinajstić information content (AvgIpc) is 2.72. The fraction of sp³-hybridized carbons (Fsp3) is 0.467. The van der Waals surface area contributed by atoms with Crippen LogP contribution in [0.5, 0.6) is 0 Å². The summed E-state index contributed by atoms with van der Waals surface area (Å²) >= 11 is 0. The lowest BCUT2D eigenvalue weighted by Gasteiger charge is -2.05. The van der Waals surface area contributed by atoms with Crippen molar-refractivity contribution in [1.82, 2.24) is 14.9 Å². The van der Waals surface area contributed by atoms with E-state index in [1.807, 2.05) is 14.0 Å². The summed E-state index contributed by atoms with van der Waals surface area (Å²) in [6.45, 7) is 5.17. The van der Waals surface area contributed by atoms with Crippen LogP contribution < -0.4 is 5.32 Å². The number of amides is 1. The van der Waals surface area contributed by atoms with Crippen molar-refractivity contribution in [3.8, 4) is 0 Å². The van der Waals surface area contributed by atoms with Crippen LogP contribution in [0.15, 0.2) is 18.2 Å². The van der Waals surface area contributed by atoms with E-state index < -0.39 is 0 Å². The van der Waals surface area contributed by atoms with E-state index >= 15 is 0 Å². The first kappa shape index (κ1) is 14.5. The molecule has 2 rings (SSSR count). The second-order valence-corrected chi connectivity index (χ2v) is 4.82. The Morgan fingerprint density at radius 2 is 2.25 bits per heavy atom. The van der Waals surface area contributed by atoms with Gasteiger partial charge in [0.1, 0.15) is 12.4 Å². The highest BCUT2D eigenvalue weighted by Gasteiger charge is 2.08. The Morgan fingerprint density at radius 3 is 3.00 bits per heavy atom. The molecule has 0 saturated carbocycles. The number of hydrogen-bond acceptors (Lipinski definition) is 3. The molecule has 0 aliphatic carbocycles. The van der Waals surface area contributed by atoms with Crippen LogP contribution in [0.3, 0.4) is 0 Å². The predicted molar refractivity (Wildman–Crippen MR) is 78.7 cm³/mol. The third-order valence-electron chi connectivity index (χ3n) is 3.24. The van der Waals surface area contributed by atoms with E-state index in [1.54, 1.807) is 0 Å². The van der Waals surface area contributed by atoms with Crippen molar-refractivity contribution < 1.29 is 9.53 Å². The number of fused-ring (bicyclic) bond motifs is 1. The maximum Gasteiger partial charge on any atom is 0.246 e. The number of hydrogen-bond donors (Lipinski definition) is 1. The molecule has 5 nitrogen and oxygen atoms in total. The molecule has 0 spiro atoms. The zero-order valence-corrected chi connectivity index (χ0v) is 12.3. The summed E-state index contributed by atoms with van der Waals surface area (Å²) < 4.78 is 7.12. The van der Waals surface area contributed by atoms with Crippen molar-refractivity contribution in [2.75, 3.05) is 19.8 Å². The maximum absolute atomic E-state index is 11.4. The summed E-state index contributed by atoms with van der Waals surface area (Å²) in [6.07, 6.45) is 0.710. The van der Waals surface area contributed by atoms with E-state index in [1.165, 1.54) is 5.56 Å². The van der Waals surface area contributed by atoms with Gasteiger partial charge in [0.15, 0.2) is 0 Å². The van der Waals surface area contributed by atoms with Crippen molar-refractivity contribution in [2.24, 2.45) is 7.05 Å². The molecule has 0 radical (unpaired) electrons. The SMILES string of the molecule is CCOCC(=O)NCCc1nc2cc(C)ccc2n1C. The topological polar surface area (TPSA) is 56.1 Å². The van der Waals surface area contributed by atoms with E-state index in [2.05, 4.69) is 40.0 Å². The van der Waals surface area contributed by atoms with Crippen LogP contribution >= 0.6 is 0 Å². The zero-order valence-electron chi connectivity index (χ0n) is 12.3. The molecule has 1 heterocycles. The lowest BCUT2D eigenvalue weighted by atomic mass is 10.2. The summed E-state index contributed by atoms with van der Waals surface area (Å²) in [5, 5.41) is 2.83. The smallest absolute Gasteiger partial charge is 0.246 e. The Hall–Kier alpha value is -1.88. The molecule has 1 aromatic carbocycles. The molecule has 0 aliphatic rings. The molecule has 5 heteroatoms. The van der Waals surface area contributed by atoms with Gasteiger partial charge in [-0.1, -0.05) is 6.07 Å². The summed E-state index contributed by atoms with van der Waals surface area (Å²) in [7, 11) is 2.00. The molecule has 2 aromatic rings. The number of ether oxygens (including phenoxy) is 1. The summed E-state index contributed by atoms with van der Waals surface area (Å²) in [6, 6.07) is 6.24. The fourth-order valence-corrected chi connectivity index (χ4v) is 2.14. The Bertz CT molecular complexity index is 604. The molecule has 0 saturated heterocycles. The molecule has 0 aliphatic heterocycles. The summed E-state index contributed by atoms with van der Waals surface area (Å²) in [4.78, 5) is 16.0. The first-order valence-corrected chi connectivity index (χ1v) is 6.88. The van der Waals surface area contributed by atoms with Crippen LogP contribution in [-0.2, 0) is 23.0 Å². The van der Waals surface area contributed by atoms with E-state index in [0.717, 1.165) is 16.9 Å². The molecular weight excluding hydrogens is 254 g/mol. The lowest BCUT2D eigenvalue weighted by Crippen LogP contribution is -2.29. The van der Waals surface area contributed by atoms with Gasteiger partial charge in [0.05, 0.1) is 11.0 Å². The number of nitrogens with zero attached hydrogens (tertiary/aromatic N) is 2. The van der Waals surface area contributed by atoms with Crippen molar-refractivity contribution in [1.29, 1.82) is 0 Å². The number of imidazole rings is 1. The molecule has 1 aromatic heterocycles. The van der Waals surface area contributed by atoms with Gasteiger partial charge in [-0.15, -0.1) is 0 Å². The highest BCUT2D eigenvalue weighted by atomic mass is 16.5. The van der Waals surface area contributed by atoms with Crippen molar-refractivity contribution in [3.63, 3.8) is 0 Å². The molecule has 1 amide bonds. The second kappa shape index (κ2) is 6.52. The minimum absolute atomic E-state index is 0.0820. The van der Waals surface area contributed by atoms with Gasteiger partial charge in [-0.2, -0.15) is 0 Å². The minimum atomic E-state index is -0.0820. The predicted octanol–water partition coefficient (Wildman–Crippen LogP) is 1.58. The van der Waals surface area contributed by atoms with Crippen molar-refractivity contribution in [3.05, 3.63) is 29.6 Å². The zero-order chi connectivity index (χ0) is 14.5. The fourth-order valence-electron chi connectivity index (χ4n) is 2.14. The lowest BCUT2D eigenvalue weighted by molar-refractivity contribution is -0.125. The third kappa shape index (κ3) is 3.36. The maximum atomic E-state index is 11.4. The molecule has 20 heavy (non-hydrogen) atoms. The largest absolute Gasteiger partial charge is 0.372 e. The van der Waals surface area contributed by atoms with Gasteiger partial charge in [0.25, 0.3) is 0 Å². The second-order valence-electron chi connectivity index (χ2n) is 4.82. The van der Waals surface area contributed by atoms with E-state index in [-0.39, 0.29) is 12.5 Å². The molecule has 1 N–H and O–H groups in total. The van der Waals surface area contributed by atoms with E-state index in [0.29, 0.717) is 19.6 Å². The highest BCUT2D eigenvalue weighted by molar-refractivity contribution is 5.77. The first-order valence-electron chi connectivity index (χ1n) is 6.88. The van der Waals surface area contributed by atoms with Crippen LogP contribution in [0.2, 0.25) is 0 Å². The first-order chi connectivity index (χ1) is 9.61. The van der Waals surface area contributed by atoms with Gasteiger partial charge < -0.3 is 14.6 Å². The number of benzene rings is 1. The van der Waals surface area contributed by atoms with Crippen LogP contribution in [0, 0.1) is 6.92 Å². The Kier molecular flexibility index (Phi) is 4.74. The Balaban J connectivity index is 1.96. The van der Waals surface area contributed by atoms with E-state index in [9.17, 15) is 4.79 Å². The number of aryl methyl sites for hydroxylation is 2. The molecule has 0 fully saturated rings. The molecule has 108 valence electrons. The number of carbonyl (C=O) groups is 1. The third-order valence-corrected chi connectivity index (χ3v) is 3.24. The molecule has 0 atom stereocenters. The number of nitrogens with one attached hydrogen (secondary N) is 1. The van der Waals surface area contributed by atoms with Crippen molar-refractivity contribution >= 4 is 16.9 Å². The van der Waals surface area contributed by atoms with E-state index in [4.69, 9.17) is 4.74 Å². The van der Waals surface area contributed by atoms with Gasteiger partial charge in [0, 0.05) is 26.6 Å². The normalized spacial score (nSPS) is 10.9. The van der Waals surface area contributed by atoms with Gasteiger partial charge in [-0.05, 0) is 31.5 Å². The minimum Gasteiger partial charge on any atom is -0.372 e. The monoisotopic (exact) mass is 275 g/mol. The average molecular weight is 275 g/mol. The van der Waals surface area contributed by atoms with Crippen LogP contribution in [0.1, 0.15) is 18.3 Å². The van der Waals surface area contributed by atoms with Gasteiger partial charge in [-0.25, -0.2) is 4.98 Å². The Morgan fingerprint density at radius 1 is 1.45 bits per heavy atom. The number of carbonyl (C=O) groups excluding carboxylic acids is 1. The molecular formula is C15H21N3O2. The number of rotatable bonds is 6.